The summed E-state index contributed by atoms with van der Waals surface area (Å²) in [6, 6.07) is 7.13. The Balaban J connectivity index is 0.00000237. The zero-order chi connectivity index (χ0) is 30.3. The number of terminal acetylenes is 1. The van der Waals surface area contributed by atoms with Gasteiger partial charge in [-0.05, 0) is 90.9 Å². The summed E-state index contributed by atoms with van der Waals surface area (Å²) in [7, 11) is 0. The number of hydrogen-bond donors (Lipinski definition) is 3. The third-order valence-electron chi connectivity index (χ3n) is 8.21. The molecule has 42 heavy (non-hydrogen) atoms. The van der Waals surface area contributed by atoms with Gasteiger partial charge in [-0.2, -0.15) is 0 Å². The molecule has 0 aliphatic carbocycles. The fourth-order valence-corrected chi connectivity index (χ4v) is 6.39. The van der Waals surface area contributed by atoms with Gasteiger partial charge >= 0.3 is 0 Å². The number of fused-ring (bicyclic) bond motifs is 1. The Morgan fingerprint density at radius 3 is 2.67 bits per heavy atom. The Bertz CT molecular complexity index is 1330. The van der Waals surface area contributed by atoms with E-state index in [4.69, 9.17) is 0 Å². The predicted octanol–water partition coefficient (Wildman–Crippen LogP) is 8.52. The van der Waals surface area contributed by atoms with Crippen LogP contribution >= 0.6 is 11.8 Å². The number of likely N-dealkylation sites (tertiary alicyclic amines) is 1. The quantitative estimate of drug-likeness (QED) is 0.126. The van der Waals surface area contributed by atoms with Gasteiger partial charge in [0.25, 0.3) is 0 Å². The van der Waals surface area contributed by atoms with Gasteiger partial charge in [-0.1, -0.05) is 82.4 Å². The van der Waals surface area contributed by atoms with Crippen LogP contribution in [0.4, 0.5) is 0 Å². The highest BCUT2D eigenvalue weighted by atomic mass is 32.2. The number of dihydropyridines is 1. The van der Waals surface area contributed by atoms with Gasteiger partial charge < -0.3 is 15.6 Å². The monoisotopic (exact) mass is 582 g/mol. The van der Waals surface area contributed by atoms with Gasteiger partial charge in [0.1, 0.15) is 0 Å². The number of thioether (sulfide) groups is 1. The van der Waals surface area contributed by atoms with E-state index >= 15 is 0 Å². The number of hydrogen-bond acceptors (Lipinski definition) is 4. The zero-order valence-corrected chi connectivity index (χ0v) is 26.9. The van der Waals surface area contributed by atoms with Crippen LogP contribution in [0.25, 0.3) is 16.5 Å². The highest BCUT2D eigenvalue weighted by Gasteiger charge is 2.22. The van der Waals surface area contributed by atoms with E-state index in [1.807, 2.05) is 17.8 Å². The summed E-state index contributed by atoms with van der Waals surface area (Å²) in [5.41, 5.74) is 6.59. The van der Waals surface area contributed by atoms with Crippen molar-refractivity contribution in [1.82, 2.24) is 20.5 Å². The van der Waals surface area contributed by atoms with Crippen molar-refractivity contribution >= 4 is 28.2 Å². The average Bonchev–Trinajstić information content (AvgIpc) is 3.41. The van der Waals surface area contributed by atoms with Crippen LogP contribution in [-0.4, -0.2) is 41.9 Å². The van der Waals surface area contributed by atoms with Crippen molar-refractivity contribution in [1.29, 1.82) is 0 Å². The maximum atomic E-state index is 4.00. The van der Waals surface area contributed by atoms with Gasteiger partial charge in [-0.15, -0.1) is 24.6 Å². The topological polar surface area (TPSA) is 43.1 Å². The van der Waals surface area contributed by atoms with Crippen molar-refractivity contribution in [2.24, 2.45) is 5.92 Å². The number of H-pyrrole nitrogens is 1. The maximum absolute atomic E-state index is 4.00. The lowest BCUT2D eigenvalue weighted by molar-refractivity contribution is 0.231. The smallest absolute Gasteiger partial charge is 0.0995 e. The fourth-order valence-electron chi connectivity index (χ4n) is 5.54. The second-order valence-electron chi connectivity index (χ2n) is 10.9. The SMILES string of the molecule is C#C.C=C/C=C(\C=C/C(C)CC)c1[nH]c2ccc(C3CCN(C/C(=C/C)SCNC4=CC=CCN4)CC3)cc2c1CC. The summed E-state index contributed by atoms with van der Waals surface area (Å²) in [5.74, 6) is 3.18. The van der Waals surface area contributed by atoms with Crippen molar-refractivity contribution in [2.45, 2.75) is 59.3 Å². The summed E-state index contributed by atoms with van der Waals surface area (Å²) in [6.07, 6.45) is 29.8. The molecular formula is C37H50N4S. The second-order valence-corrected chi connectivity index (χ2v) is 12.0. The minimum absolute atomic E-state index is 0.563. The normalized spacial score (nSPS) is 17.4. The van der Waals surface area contributed by atoms with Crippen molar-refractivity contribution in [3.63, 3.8) is 0 Å². The molecule has 4 nitrogen and oxygen atoms in total. The summed E-state index contributed by atoms with van der Waals surface area (Å²) >= 11 is 1.91. The van der Waals surface area contributed by atoms with Gasteiger partial charge in [-0.3, -0.25) is 4.90 Å². The minimum atomic E-state index is 0.563. The molecule has 1 atom stereocenters. The molecule has 3 N–H and O–H groups in total. The standard InChI is InChI=1S/C35H48N4S.C2H2/c1-6-12-28(15-14-26(5)7-2)35-31(9-4)32-23-29(16-17-33(32)38-35)27-18-21-39(22-19-27)24-30(8-3)40-25-37-34-13-10-11-20-36-34;1-2/h6,8,10-17,23,26-27,36-38H,1,7,9,18-22,24-25H2,2-5H3;1-2H/b15-14-,28-12+,30-8-;. The number of benzene rings is 1. The summed E-state index contributed by atoms with van der Waals surface area (Å²) in [5, 5.41) is 8.23. The number of piperidine rings is 1. The Hall–Kier alpha value is -3.33. The molecule has 4 rings (SSSR count). The van der Waals surface area contributed by atoms with E-state index in [2.05, 4.69) is 128 Å². The van der Waals surface area contributed by atoms with Crippen LogP contribution < -0.4 is 10.6 Å². The Kier molecular flexibility index (Phi) is 13.9. The Labute approximate surface area is 259 Å². The molecule has 0 saturated carbocycles. The molecule has 1 unspecified atom stereocenters. The number of aromatic nitrogens is 1. The molecule has 2 aliphatic rings. The highest BCUT2D eigenvalue weighted by molar-refractivity contribution is 8.03. The van der Waals surface area contributed by atoms with E-state index in [9.17, 15) is 0 Å². The van der Waals surface area contributed by atoms with Crippen molar-refractivity contribution < 1.29 is 0 Å². The van der Waals surface area contributed by atoms with E-state index in [0.29, 0.717) is 11.8 Å². The molecule has 2 aromatic rings. The number of nitrogens with one attached hydrogen (secondary N) is 3. The van der Waals surface area contributed by atoms with Gasteiger partial charge in [0, 0.05) is 29.7 Å². The largest absolute Gasteiger partial charge is 0.368 e. The molecule has 1 saturated heterocycles. The lowest BCUT2D eigenvalue weighted by Crippen LogP contribution is -2.34. The molecular weight excluding hydrogens is 533 g/mol. The summed E-state index contributed by atoms with van der Waals surface area (Å²) in [4.78, 5) is 7.81. The van der Waals surface area contributed by atoms with Crippen LogP contribution in [0.5, 0.6) is 0 Å². The summed E-state index contributed by atoms with van der Waals surface area (Å²) in [6.45, 7) is 17.2. The lowest BCUT2D eigenvalue weighted by atomic mass is 9.88. The molecule has 2 aliphatic heterocycles. The molecule has 5 heteroatoms. The van der Waals surface area contributed by atoms with Gasteiger partial charge in [0.15, 0.2) is 0 Å². The first kappa shape index (κ1) is 33.2. The molecule has 0 amide bonds. The van der Waals surface area contributed by atoms with Gasteiger partial charge in [0.2, 0.25) is 0 Å². The van der Waals surface area contributed by atoms with E-state index < -0.39 is 0 Å². The number of aryl methyl sites for hydroxylation is 1. The van der Waals surface area contributed by atoms with E-state index in [1.54, 1.807) is 0 Å². The Morgan fingerprint density at radius 1 is 1.24 bits per heavy atom. The second kappa shape index (κ2) is 17.6. The minimum Gasteiger partial charge on any atom is -0.368 e. The first-order valence-corrected chi connectivity index (χ1v) is 16.4. The zero-order valence-electron chi connectivity index (χ0n) is 26.1. The van der Waals surface area contributed by atoms with E-state index in [-0.39, 0.29) is 0 Å². The highest BCUT2D eigenvalue weighted by Crippen LogP contribution is 2.35. The van der Waals surface area contributed by atoms with Crippen LogP contribution in [0.15, 0.2) is 84.1 Å². The van der Waals surface area contributed by atoms with Crippen LogP contribution in [0.1, 0.15) is 69.7 Å². The van der Waals surface area contributed by atoms with Gasteiger partial charge in [-0.25, -0.2) is 0 Å². The predicted molar refractivity (Wildman–Crippen MR) is 187 cm³/mol. The van der Waals surface area contributed by atoms with Crippen LogP contribution in [0, 0.1) is 18.8 Å². The maximum Gasteiger partial charge on any atom is 0.0995 e. The molecule has 0 radical (unpaired) electrons. The van der Waals surface area contributed by atoms with E-state index in [1.165, 1.54) is 51.0 Å². The molecule has 0 bridgehead atoms. The van der Waals surface area contributed by atoms with Crippen LogP contribution in [0.2, 0.25) is 0 Å². The first-order valence-electron chi connectivity index (χ1n) is 15.4. The lowest BCUT2D eigenvalue weighted by Gasteiger charge is -2.32. The number of aromatic amines is 1. The number of allylic oxidation sites excluding steroid dienone is 8. The Morgan fingerprint density at radius 2 is 2.02 bits per heavy atom. The van der Waals surface area contributed by atoms with E-state index in [0.717, 1.165) is 50.7 Å². The van der Waals surface area contributed by atoms with Gasteiger partial charge in [0.05, 0.1) is 11.7 Å². The third kappa shape index (κ3) is 9.08. The van der Waals surface area contributed by atoms with Crippen molar-refractivity contribution in [2.75, 3.05) is 32.1 Å². The third-order valence-corrected chi connectivity index (χ3v) is 9.23. The molecule has 1 aromatic carbocycles. The fraction of sp³-hybridized carbons (Fsp3) is 0.405. The molecule has 224 valence electrons. The molecule has 3 heterocycles. The molecule has 1 fully saturated rings. The summed E-state index contributed by atoms with van der Waals surface area (Å²) < 4.78 is 0. The van der Waals surface area contributed by atoms with Crippen LogP contribution in [-0.2, 0) is 6.42 Å². The molecule has 1 aromatic heterocycles. The number of rotatable bonds is 13. The van der Waals surface area contributed by atoms with Crippen molar-refractivity contribution in [3.05, 3.63) is 101 Å². The average molecular weight is 583 g/mol. The van der Waals surface area contributed by atoms with Crippen molar-refractivity contribution in [3.8, 4) is 12.8 Å². The van der Waals surface area contributed by atoms with Crippen LogP contribution in [0.3, 0.4) is 0 Å². The first-order chi connectivity index (χ1) is 20.6. The molecule has 0 spiro atoms. The number of nitrogens with zero attached hydrogens (tertiary/aromatic N) is 1.